The third kappa shape index (κ3) is 2.97. The number of rotatable bonds is 7. The fourth-order valence-electron chi connectivity index (χ4n) is 4.76. The predicted molar refractivity (Wildman–Crippen MR) is 118 cm³/mol. The van der Waals surface area contributed by atoms with Crippen LogP contribution in [0.2, 0.25) is 0 Å². The zero-order valence-electron chi connectivity index (χ0n) is 18.8. The Morgan fingerprint density at radius 2 is 1.88 bits per heavy atom. The molecule has 8 nitrogen and oxygen atoms in total. The van der Waals surface area contributed by atoms with Gasteiger partial charge < -0.3 is 24.2 Å². The first-order valence-corrected chi connectivity index (χ1v) is 10.8. The van der Waals surface area contributed by atoms with Gasteiger partial charge in [-0.1, -0.05) is 18.2 Å². The van der Waals surface area contributed by atoms with Crippen molar-refractivity contribution >= 4 is 23.3 Å². The quantitative estimate of drug-likeness (QED) is 0.634. The second kappa shape index (κ2) is 7.94. The number of ketones is 1. The SMILES string of the molecule is CCN1C(=O)[C@@]2(C(C(=O)c3ccc(C)o3)=C(O)C(=O)N2CCC[NH+](C)C)c2ccccc21. The lowest BCUT2D eigenvalue weighted by molar-refractivity contribution is -0.858. The molecule has 2 N–H and O–H groups in total. The molecule has 168 valence electrons. The highest BCUT2D eigenvalue weighted by Gasteiger charge is 2.65. The van der Waals surface area contributed by atoms with E-state index in [2.05, 4.69) is 0 Å². The molecule has 1 atom stereocenters. The molecule has 1 aromatic carbocycles. The first-order chi connectivity index (χ1) is 15.2. The molecule has 0 aliphatic carbocycles. The maximum Gasteiger partial charge on any atom is 0.290 e. The monoisotopic (exact) mass is 438 g/mol. The van der Waals surface area contributed by atoms with Crippen LogP contribution in [0.25, 0.3) is 0 Å². The Bertz CT molecular complexity index is 1130. The summed E-state index contributed by atoms with van der Waals surface area (Å²) in [7, 11) is 4.00. The van der Waals surface area contributed by atoms with Crippen molar-refractivity contribution in [3.8, 4) is 0 Å². The van der Waals surface area contributed by atoms with E-state index < -0.39 is 28.9 Å². The molecular formula is C24H28N3O5+. The van der Waals surface area contributed by atoms with E-state index in [0.717, 1.165) is 6.54 Å². The van der Waals surface area contributed by atoms with Crippen LogP contribution >= 0.6 is 0 Å². The zero-order valence-corrected chi connectivity index (χ0v) is 18.8. The summed E-state index contributed by atoms with van der Waals surface area (Å²) in [6.07, 6.45) is 0.603. The number of quaternary nitrogens is 1. The number of nitrogens with one attached hydrogen (secondary N) is 1. The number of carbonyl (C=O) groups is 3. The summed E-state index contributed by atoms with van der Waals surface area (Å²) in [5.74, 6) is -1.98. The second-order valence-corrected chi connectivity index (χ2v) is 8.51. The Balaban J connectivity index is 1.93. The van der Waals surface area contributed by atoms with Crippen LogP contribution in [-0.4, -0.2) is 61.3 Å². The number of aliphatic hydroxyl groups excluding tert-OH is 1. The molecule has 0 unspecified atom stereocenters. The number of para-hydroxylation sites is 1. The number of nitrogens with zero attached hydrogens (tertiary/aromatic N) is 2. The Morgan fingerprint density at radius 1 is 1.16 bits per heavy atom. The lowest BCUT2D eigenvalue weighted by atomic mass is 9.81. The molecular weight excluding hydrogens is 410 g/mol. The van der Waals surface area contributed by atoms with Crippen molar-refractivity contribution in [1.82, 2.24) is 4.90 Å². The third-order valence-electron chi connectivity index (χ3n) is 6.16. The van der Waals surface area contributed by atoms with E-state index in [4.69, 9.17) is 4.42 Å². The lowest BCUT2D eigenvalue weighted by Crippen LogP contribution is -3.05. The molecule has 0 bridgehead atoms. The van der Waals surface area contributed by atoms with Gasteiger partial charge in [-0.05, 0) is 32.0 Å². The van der Waals surface area contributed by atoms with E-state index in [-0.39, 0.29) is 17.9 Å². The Hall–Kier alpha value is -3.39. The van der Waals surface area contributed by atoms with Crippen LogP contribution in [0.4, 0.5) is 5.69 Å². The number of amides is 2. The molecule has 0 radical (unpaired) electrons. The number of aryl methyl sites for hydroxylation is 1. The molecule has 0 saturated carbocycles. The first-order valence-electron chi connectivity index (χ1n) is 10.8. The Labute approximate surface area is 186 Å². The van der Waals surface area contributed by atoms with E-state index in [0.29, 0.717) is 30.0 Å². The molecule has 0 fully saturated rings. The molecule has 0 saturated heterocycles. The smallest absolute Gasteiger partial charge is 0.290 e. The van der Waals surface area contributed by atoms with Crippen molar-refractivity contribution in [2.75, 3.05) is 38.6 Å². The van der Waals surface area contributed by atoms with Crippen molar-refractivity contribution < 1.29 is 28.8 Å². The number of benzene rings is 1. The van der Waals surface area contributed by atoms with Crippen LogP contribution in [-0.2, 0) is 15.1 Å². The predicted octanol–water partition coefficient (Wildman–Crippen LogP) is 1.22. The summed E-state index contributed by atoms with van der Waals surface area (Å²) >= 11 is 0. The molecule has 32 heavy (non-hydrogen) atoms. The summed E-state index contributed by atoms with van der Waals surface area (Å²) in [6, 6.07) is 10.3. The van der Waals surface area contributed by atoms with Gasteiger partial charge in [0, 0.05) is 25.1 Å². The van der Waals surface area contributed by atoms with Gasteiger partial charge in [-0.25, -0.2) is 0 Å². The van der Waals surface area contributed by atoms with Crippen LogP contribution in [0.1, 0.15) is 35.2 Å². The summed E-state index contributed by atoms with van der Waals surface area (Å²) in [4.78, 5) is 45.0. The number of fused-ring (bicyclic) bond motifs is 2. The third-order valence-corrected chi connectivity index (χ3v) is 6.16. The van der Waals surface area contributed by atoms with Crippen LogP contribution in [0.3, 0.4) is 0 Å². The van der Waals surface area contributed by atoms with Crippen molar-refractivity contribution in [2.45, 2.75) is 25.8 Å². The van der Waals surface area contributed by atoms with Crippen LogP contribution in [0, 0.1) is 6.92 Å². The highest BCUT2D eigenvalue weighted by molar-refractivity contribution is 6.25. The van der Waals surface area contributed by atoms with Crippen LogP contribution < -0.4 is 9.80 Å². The number of furan rings is 1. The van der Waals surface area contributed by atoms with Gasteiger partial charge in [0.25, 0.3) is 11.8 Å². The largest absolute Gasteiger partial charge is 0.503 e. The minimum atomic E-state index is -1.72. The van der Waals surface area contributed by atoms with Gasteiger partial charge in [-0.2, -0.15) is 0 Å². The molecule has 2 aromatic rings. The van der Waals surface area contributed by atoms with Crippen molar-refractivity contribution in [2.24, 2.45) is 0 Å². The number of hydrogen-bond acceptors (Lipinski definition) is 5. The molecule has 2 aliphatic heterocycles. The van der Waals surface area contributed by atoms with Crippen molar-refractivity contribution in [1.29, 1.82) is 0 Å². The van der Waals surface area contributed by atoms with E-state index in [1.807, 2.05) is 27.1 Å². The van der Waals surface area contributed by atoms with E-state index in [1.54, 1.807) is 36.1 Å². The highest BCUT2D eigenvalue weighted by Crippen LogP contribution is 2.53. The normalized spacial score (nSPS) is 20.3. The van der Waals surface area contributed by atoms with Crippen molar-refractivity contribution in [3.63, 3.8) is 0 Å². The second-order valence-electron chi connectivity index (χ2n) is 8.51. The average Bonchev–Trinajstić information content (AvgIpc) is 3.37. The van der Waals surface area contributed by atoms with E-state index in [1.165, 1.54) is 15.9 Å². The van der Waals surface area contributed by atoms with Gasteiger partial charge in [-0.15, -0.1) is 0 Å². The number of carbonyl (C=O) groups excluding carboxylic acids is 3. The van der Waals surface area contributed by atoms with Gasteiger partial charge >= 0.3 is 0 Å². The van der Waals surface area contributed by atoms with Crippen LogP contribution in [0.15, 0.2) is 52.1 Å². The Morgan fingerprint density at radius 3 is 2.50 bits per heavy atom. The molecule has 4 rings (SSSR count). The number of Topliss-reactive ketones (excluding diaryl/α,β-unsaturated/α-hetero) is 1. The standard InChI is InChI=1S/C24H27N3O5/c1-5-26-17-10-7-6-9-16(17)24(23(26)31)19(20(28)18-12-11-15(2)32-18)21(29)22(30)27(24)14-8-13-25(3)4/h6-7,9-12,29H,5,8,13-14H2,1-4H3/p+1/t24-/m0/s1. The summed E-state index contributed by atoms with van der Waals surface area (Å²) < 4.78 is 5.52. The van der Waals surface area contributed by atoms with E-state index in [9.17, 15) is 19.5 Å². The molecule has 3 heterocycles. The molecule has 2 amide bonds. The van der Waals surface area contributed by atoms with E-state index >= 15 is 0 Å². The number of likely N-dealkylation sites (N-methyl/N-ethyl adjacent to an activating group) is 1. The van der Waals surface area contributed by atoms with Crippen molar-refractivity contribution in [3.05, 3.63) is 64.8 Å². The fourth-order valence-corrected chi connectivity index (χ4v) is 4.76. The highest BCUT2D eigenvalue weighted by atomic mass is 16.3. The van der Waals surface area contributed by atoms with Crippen LogP contribution in [0.5, 0.6) is 0 Å². The van der Waals surface area contributed by atoms with Gasteiger partial charge in [0.05, 0.1) is 31.9 Å². The fraction of sp³-hybridized carbons (Fsp3) is 0.375. The molecule has 8 heteroatoms. The average molecular weight is 439 g/mol. The summed E-state index contributed by atoms with van der Waals surface area (Å²) in [5.41, 5.74) is -0.796. The number of aliphatic hydroxyl groups is 1. The number of anilines is 1. The zero-order chi connectivity index (χ0) is 23.2. The molecule has 1 aromatic heterocycles. The maximum atomic E-state index is 14.0. The summed E-state index contributed by atoms with van der Waals surface area (Å²) in [6.45, 7) is 4.88. The summed E-state index contributed by atoms with van der Waals surface area (Å²) in [5, 5.41) is 11.0. The topological polar surface area (TPSA) is 95.5 Å². The minimum absolute atomic E-state index is 0.0176. The number of hydrogen-bond donors (Lipinski definition) is 2. The maximum absolute atomic E-state index is 14.0. The molecule has 1 spiro atoms. The lowest BCUT2D eigenvalue weighted by Gasteiger charge is -2.35. The van der Waals surface area contributed by atoms with Gasteiger partial charge in [0.15, 0.2) is 17.1 Å². The molecule has 2 aliphatic rings. The van der Waals surface area contributed by atoms with Gasteiger partial charge in [0.2, 0.25) is 5.78 Å². The van der Waals surface area contributed by atoms with Gasteiger partial charge in [0.1, 0.15) is 5.76 Å². The first kappa shape index (κ1) is 21.8. The Kier molecular flexibility index (Phi) is 5.42. The van der Waals surface area contributed by atoms with Gasteiger partial charge in [-0.3, -0.25) is 14.4 Å². The minimum Gasteiger partial charge on any atom is -0.503 e.